The second kappa shape index (κ2) is 6.83. The number of aromatic amines is 1. The van der Waals surface area contributed by atoms with Crippen LogP contribution in [0.15, 0.2) is 23.5 Å². The molecule has 0 bridgehead atoms. The van der Waals surface area contributed by atoms with Gasteiger partial charge in [-0.15, -0.1) is 0 Å². The SMILES string of the molecule is CNCCCn1cc(S(=O)(=O)NCc2cn[nH]c2C)cn1. The van der Waals surface area contributed by atoms with E-state index in [9.17, 15) is 8.42 Å². The van der Waals surface area contributed by atoms with E-state index in [1.807, 2.05) is 14.0 Å². The molecule has 0 spiro atoms. The number of aromatic nitrogens is 4. The van der Waals surface area contributed by atoms with E-state index in [1.54, 1.807) is 17.1 Å². The maximum atomic E-state index is 12.2. The number of hydrogen-bond donors (Lipinski definition) is 3. The lowest BCUT2D eigenvalue weighted by atomic mass is 10.3. The molecule has 0 aliphatic rings. The molecular weight excluding hydrogens is 292 g/mol. The zero-order valence-electron chi connectivity index (χ0n) is 12.1. The van der Waals surface area contributed by atoms with Crippen LogP contribution in [0.1, 0.15) is 17.7 Å². The molecule has 0 radical (unpaired) electrons. The summed E-state index contributed by atoms with van der Waals surface area (Å²) in [5.41, 5.74) is 1.67. The van der Waals surface area contributed by atoms with E-state index in [2.05, 4.69) is 25.3 Å². The Kier molecular flexibility index (Phi) is 5.10. The summed E-state index contributed by atoms with van der Waals surface area (Å²) in [5.74, 6) is 0. The minimum absolute atomic E-state index is 0.174. The minimum Gasteiger partial charge on any atom is -0.320 e. The topological polar surface area (TPSA) is 105 Å². The molecule has 8 nitrogen and oxygen atoms in total. The van der Waals surface area contributed by atoms with Crippen LogP contribution in [0.25, 0.3) is 0 Å². The fourth-order valence-corrected chi connectivity index (χ4v) is 2.79. The van der Waals surface area contributed by atoms with Crippen LogP contribution in [0, 0.1) is 6.92 Å². The molecule has 0 fully saturated rings. The summed E-state index contributed by atoms with van der Waals surface area (Å²) >= 11 is 0. The molecule has 9 heteroatoms. The Bertz CT molecular complexity index is 675. The second-order valence-electron chi connectivity index (χ2n) is 4.74. The zero-order valence-corrected chi connectivity index (χ0v) is 12.9. The van der Waals surface area contributed by atoms with Crippen molar-refractivity contribution < 1.29 is 8.42 Å². The molecule has 0 aromatic carbocycles. The van der Waals surface area contributed by atoms with Crippen LogP contribution < -0.4 is 10.0 Å². The van der Waals surface area contributed by atoms with Crippen LogP contribution in [0.3, 0.4) is 0 Å². The fraction of sp³-hybridized carbons (Fsp3) is 0.500. The monoisotopic (exact) mass is 312 g/mol. The highest BCUT2D eigenvalue weighted by Gasteiger charge is 2.16. The Morgan fingerprint density at radius 2 is 2.19 bits per heavy atom. The van der Waals surface area contributed by atoms with Crippen LogP contribution in [0.2, 0.25) is 0 Å². The Balaban J connectivity index is 1.97. The number of nitrogens with zero attached hydrogens (tertiary/aromatic N) is 3. The van der Waals surface area contributed by atoms with Gasteiger partial charge in [-0.3, -0.25) is 9.78 Å². The van der Waals surface area contributed by atoms with E-state index in [-0.39, 0.29) is 11.4 Å². The first-order valence-electron chi connectivity index (χ1n) is 6.68. The van der Waals surface area contributed by atoms with Gasteiger partial charge in [0, 0.05) is 30.5 Å². The molecule has 0 aliphatic carbocycles. The first-order valence-corrected chi connectivity index (χ1v) is 8.17. The van der Waals surface area contributed by atoms with Crippen molar-refractivity contribution in [2.45, 2.75) is 31.3 Å². The molecule has 2 aromatic heterocycles. The van der Waals surface area contributed by atoms with Crippen LogP contribution in [0.5, 0.6) is 0 Å². The van der Waals surface area contributed by atoms with Crippen molar-refractivity contribution >= 4 is 10.0 Å². The average molecular weight is 312 g/mol. The van der Waals surface area contributed by atoms with E-state index in [4.69, 9.17) is 0 Å². The molecule has 0 saturated carbocycles. The lowest BCUT2D eigenvalue weighted by Crippen LogP contribution is -2.23. The van der Waals surface area contributed by atoms with E-state index in [0.29, 0.717) is 6.54 Å². The highest BCUT2D eigenvalue weighted by Crippen LogP contribution is 2.09. The number of rotatable bonds is 8. The molecule has 2 rings (SSSR count). The van der Waals surface area contributed by atoms with Gasteiger partial charge in [0.15, 0.2) is 0 Å². The summed E-state index contributed by atoms with van der Waals surface area (Å²) in [6, 6.07) is 0. The molecule has 3 N–H and O–H groups in total. The third-order valence-electron chi connectivity index (χ3n) is 3.12. The van der Waals surface area contributed by atoms with Crippen molar-refractivity contribution in [1.29, 1.82) is 0 Å². The van der Waals surface area contributed by atoms with Crippen molar-refractivity contribution in [3.05, 3.63) is 29.8 Å². The van der Waals surface area contributed by atoms with Crippen LogP contribution in [-0.4, -0.2) is 42.0 Å². The van der Waals surface area contributed by atoms with Gasteiger partial charge in [0.2, 0.25) is 10.0 Å². The van der Waals surface area contributed by atoms with E-state index < -0.39 is 10.0 Å². The van der Waals surface area contributed by atoms with Crippen LogP contribution >= 0.6 is 0 Å². The average Bonchev–Trinajstić information content (AvgIpc) is 3.06. The van der Waals surface area contributed by atoms with Crippen LogP contribution in [0.4, 0.5) is 0 Å². The van der Waals surface area contributed by atoms with Gasteiger partial charge in [-0.2, -0.15) is 10.2 Å². The third kappa shape index (κ3) is 4.13. The Morgan fingerprint density at radius 3 is 2.86 bits per heavy atom. The standard InChI is InChI=1S/C12H20N6O2S/c1-10-11(6-14-17-10)7-16-21(19,20)12-8-15-18(9-12)5-3-4-13-2/h6,8-9,13,16H,3-5,7H2,1-2H3,(H,14,17). The molecule has 0 aliphatic heterocycles. The van der Waals surface area contributed by atoms with Crippen molar-refractivity contribution in [2.24, 2.45) is 0 Å². The number of H-pyrrole nitrogens is 1. The molecule has 0 atom stereocenters. The Morgan fingerprint density at radius 1 is 1.38 bits per heavy atom. The van der Waals surface area contributed by atoms with E-state index in [0.717, 1.165) is 24.2 Å². The first-order chi connectivity index (χ1) is 10.0. The molecule has 2 heterocycles. The summed E-state index contributed by atoms with van der Waals surface area (Å²) in [5, 5.41) is 13.7. The summed E-state index contributed by atoms with van der Waals surface area (Å²) in [4.78, 5) is 0.174. The van der Waals surface area contributed by atoms with Gasteiger partial charge in [0.05, 0.1) is 12.4 Å². The van der Waals surface area contributed by atoms with Crippen molar-refractivity contribution in [3.8, 4) is 0 Å². The molecule has 0 saturated heterocycles. The summed E-state index contributed by atoms with van der Waals surface area (Å²) in [6.45, 7) is 3.59. The number of aryl methyl sites for hydroxylation is 2. The zero-order chi connectivity index (χ0) is 15.3. The highest BCUT2D eigenvalue weighted by atomic mass is 32.2. The lowest BCUT2D eigenvalue weighted by molar-refractivity contribution is 0.560. The van der Waals surface area contributed by atoms with Crippen molar-refractivity contribution in [1.82, 2.24) is 30.0 Å². The van der Waals surface area contributed by atoms with Gasteiger partial charge in [-0.05, 0) is 26.9 Å². The van der Waals surface area contributed by atoms with E-state index in [1.165, 1.54) is 6.20 Å². The van der Waals surface area contributed by atoms with Gasteiger partial charge in [-0.25, -0.2) is 13.1 Å². The quantitative estimate of drug-likeness (QED) is 0.595. The molecule has 2 aromatic rings. The largest absolute Gasteiger partial charge is 0.320 e. The fourth-order valence-electron chi connectivity index (χ4n) is 1.83. The van der Waals surface area contributed by atoms with Gasteiger partial charge in [0.25, 0.3) is 0 Å². The first kappa shape index (κ1) is 15.7. The predicted octanol–water partition coefficient (Wildman–Crippen LogP) is 0.00262. The smallest absolute Gasteiger partial charge is 0.243 e. The predicted molar refractivity (Wildman–Crippen MR) is 78.1 cm³/mol. The lowest BCUT2D eigenvalue weighted by Gasteiger charge is -2.04. The Labute approximate surface area is 124 Å². The maximum Gasteiger partial charge on any atom is 0.243 e. The van der Waals surface area contributed by atoms with Gasteiger partial charge < -0.3 is 5.32 Å². The molecule has 116 valence electrons. The molecule has 0 amide bonds. The number of sulfonamides is 1. The van der Waals surface area contributed by atoms with Gasteiger partial charge >= 0.3 is 0 Å². The third-order valence-corrected chi connectivity index (χ3v) is 4.48. The van der Waals surface area contributed by atoms with Crippen molar-refractivity contribution in [2.75, 3.05) is 13.6 Å². The minimum atomic E-state index is -3.55. The van der Waals surface area contributed by atoms with Crippen LogP contribution in [-0.2, 0) is 23.1 Å². The summed E-state index contributed by atoms with van der Waals surface area (Å²) in [6.07, 6.45) is 5.41. The summed E-state index contributed by atoms with van der Waals surface area (Å²) in [7, 11) is -1.68. The van der Waals surface area contributed by atoms with Gasteiger partial charge in [0.1, 0.15) is 4.90 Å². The molecular formula is C12H20N6O2S. The van der Waals surface area contributed by atoms with Crippen molar-refractivity contribution in [3.63, 3.8) is 0 Å². The van der Waals surface area contributed by atoms with Gasteiger partial charge in [-0.1, -0.05) is 0 Å². The molecule has 0 unspecified atom stereocenters. The Hall–Kier alpha value is -1.71. The number of nitrogens with one attached hydrogen (secondary N) is 3. The number of hydrogen-bond acceptors (Lipinski definition) is 5. The normalized spacial score (nSPS) is 11.9. The second-order valence-corrected chi connectivity index (χ2v) is 6.51. The highest BCUT2D eigenvalue weighted by molar-refractivity contribution is 7.89. The maximum absolute atomic E-state index is 12.2. The molecule has 21 heavy (non-hydrogen) atoms. The summed E-state index contributed by atoms with van der Waals surface area (Å²) < 4.78 is 28.5. The van der Waals surface area contributed by atoms with E-state index >= 15 is 0 Å².